The standard InChI is InChI=1S/C11H23N.ClH/c1-5-10(3)6-9(2)7-11(4,12)8-10;/h9H,5-8,12H2,1-4H3;1H. The van der Waals surface area contributed by atoms with Crippen molar-refractivity contribution in [1.29, 1.82) is 0 Å². The van der Waals surface area contributed by atoms with Crippen molar-refractivity contribution in [1.82, 2.24) is 0 Å². The molecular formula is C11H24ClN. The molecule has 0 spiro atoms. The van der Waals surface area contributed by atoms with Gasteiger partial charge >= 0.3 is 0 Å². The molecule has 0 radical (unpaired) electrons. The van der Waals surface area contributed by atoms with Crippen LogP contribution in [0, 0.1) is 11.3 Å². The molecule has 2 heteroatoms. The maximum Gasteiger partial charge on any atom is 0.0133 e. The maximum atomic E-state index is 6.22. The lowest BCUT2D eigenvalue weighted by molar-refractivity contribution is 0.0983. The second-order valence-electron chi connectivity index (χ2n) is 5.51. The van der Waals surface area contributed by atoms with Crippen LogP contribution in [0.1, 0.15) is 53.4 Å². The molecule has 2 N–H and O–H groups in total. The van der Waals surface area contributed by atoms with E-state index in [2.05, 4.69) is 27.7 Å². The van der Waals surface area contributed by atoms with Crippen LogP contribution in [0.5, 0.6) is 0 Å². The van der Waals surface area contributed by atoms with Gasteiger partial charge in [-0.15, -0.1) is 12.4 Å². The molecular weight excluding hydrogens is 182 g/mol. The molecule has 1 fully saturated rings. The second kappa shape index (κ2) is 4.18. The van der Waals surface area contributed by atoms with Crippen LogP contribution in [0.2, 0.25) is 0 Å². The molecule has 80 valence electrons. The summed E-state index contributed by atoms with van der Waals surface area (Å²) in [5.41, 5.74) is 6.81. The summed E-state index contributed by atoms with van der Waals surface area (Å²) in [5.74, 6) is 0.804. The van der Waals surface area contributed by atoms with Crippen LogP contribution in [0.3, 0.4) is 0 Å². The summed E-state index contributed by atoms with van der Waals surface area (Å²) < 4.78 is 0. The molecule has 0 amide bonds. The third kappa shape index (κ3) is 3.47. The predicted molar refractivity (Wildman–Crippen MR) is 61.3 cm³/mol. The lowest BCUT2D eigenvalue weighted by Gasteiger charge is -2.45. The van der Waals surface area contributed by atoms with E-state index in [-0.39, 0.29) is 17.9 Å². The van der Waals surface area contributed by atoms with Gasteiger partial charge in [-0.25, -0.2) is 0 Å². The molecule has 3 atom stereocenters. The summed E-state index contributed by atoms with van der Waals surface area (Å²) in [6.07, 6.45) is 5.02. The number of halogens is 1. The van der Waals surface area contributed by atoms with Gasteiger partial charge in [-0.1, -0.05) is 27.2 Å². The molecule has 1 rings (SSSR count). The quantitative estimate of drug-likeness (QED) is 0.698. The van der Waals surface area contributed by atoms with Gasteiger partial charge in [-0.2, -0.15) is 0 Å². The average Bonchev–Trinajstić information content (AvgIpc) is 1.82. The zero-order valence-corrected chi connectivity index (χ0v) is 10.2. The number of rotatable bonds is 1. The van der Waals surface area contributed by atoms with Crippen LogP contribution in [0.4, 0.5) is 0 Å². The highest BCUT2D eigenvalue weighted by molar-refractivity contribution is 5.85. The van der Waals surface area contributed by atoms with Gasteiger partial charge in [0.1, 0.15) is 0 Å². The van der Waals surface area contributed by atoms with Crippen LogP contribution in [0.25, 0.3) is 0 Å². The number of hydrogen-bond acceptors (Lipinski definition) is 1. The molecule has 0 aromatic rings. The molecule has 1 aliphatic rings. The van der Waals surface area contributed by atoms with E-state index in [1.165, 1.54) is 25.7 Å². The van der Waals surface area contributed by atoms with E-state index < -0.39 is 0 Å². The van der Waals surface area contributed by atoms with Gasteiger partial charge in [0.15, 0.2) is 0 Å². The minimum atomic E-state index is 0. The van der Waals surface area contributed by atoms with E-state index in [0.717, 1.165) is 5.92 Å². The highest BCUT2D eigenvalue weighted by atomic mass is 35.5. The summed E-state index contributed by atoms with van der Waals surface area (Å²) >= 11 is 0. The summed E-state index contributed by atoms with van der Waals surface area (Å²) in [5, 5.41) is 0. The molecule has 1 saturated carbocycles. The Labute approximate surface area is 88.9 Å². The van der Waals surface area contributed by atoms with Crippen LogP contribution in [-0.4, -0.2) is 5.54 Å². The van der Waals surface area contributed by atoms with E-state index in [9.17, 15) is 0 Å². The van der Waals surface area contributed by atoms with E-state index in [0.29, 0.717) is 5.41 Å². The molecule has 0 aromatic heterocycles. The summed E-state index contributed by atoms with van der Waals surface area (Å²) in [7, 11) is 0. The number of hydrogen-bond donors (Lipinski definition) is 1. The van der Waals surface area contributed by atoms with Gasteiger partial charge in [-0.05, 0) is 37.5 Å². The van der Waals surface area contributed by atoms with Crippen molar-refractivity contribution >= 4 is 12.4 Å². The van der Waals surface area contributed by atoms with Crippen molar-refractivity contribution < 1.29 is 0 Å². The summed E-state index contributed by atoms with van der Waals surface area (Å²) in [6, 6.07) is 0. The van der Waals surface area contributed by atoms with Gasteiger partial charge in [0.25, 0.3) is 0 Å². The Morgan fingerprint density at radius 2 is 1.85 bits per heavy atom. The van der Waals surface area contributed by atoms with Crippen molar-refractivity contribution in [3.8, 4) is 0 Å². The highest BCUT2D eigenvalue weighted by Crippen LogP contribution is 2.44. The fraction of sp³-hybridized carbons (Fsp3) is 1.00. The van der Waals surface area contributed by atoms with Gasteiger partial charge in [-0.3, -0.25) is 0 Å². The number of nitrogens with two attached hydrogens (primary N) is 1. The fourth-order valence-corrected chi connectivity index (χ4v) is 3.10. The maximum absolute atomic E-state index is 6.22. The first-order valence-corrected chi connectivity index (χ1v) is 5.16. The van der Waals surface area contributed by atoms with E-state index in [4.69, 9.17) is 5.73 Å². The predicted octanol–water partition coefficient (Wildman–Crippen LogP) is 3.36. The Kier molecular flexibility index (Phi) is 4.26. The van der Waals surface area contributed by atoms with Crippen LogP contribution >= 0.6 is 12.4 Å². The van der Waals surface area contributed by atoms with Gasteiger partial charge in [0.05, 0.1) is 0 Å². The molecule has 0 bridgehead atoms. The highest BCUT2D eigenvalue weighted by Gasteiger charge is 2.38. The average molecular weight is 206 g/mol. The van der Waals surface area contributed by atoms with Crippen molar-refractivity contribution in [3.63, 3.8) is 0 Å². The molecule has 0 aliphatic heterocycles. The molecule has 0 saturated heterocycles. The largest absolute Gasteiger partial charge is 0.325 e. The molecule has 1 nitrogen and oxygen atoms in total. The minimum absolute atomic E-state index is 0. The first-order chi connectivity index (χ1) is 5.37. The van der Waals surface area contributed by atoms with E-state index in [1.807, 2.05) is 0 Å². The third-order valence-corrected chi connectivity index (χ3v) is 3.34. The Hall–Kier alpha value is 0.250. The lowest BCUT2D eigenvalue weighted by atomic mass is 9.63. The second-order valence-corrected chi connectivity index (χ2v) is 5.51. The fourth-order valence-electron chi connectivity index (χ4n) is 3.10. The third-order valence-electron chi connectivity index (χ3n) is 3.34. The van der Waals surface area contributed by atoms with Gasteiger partial charge in [0, 0.05) is 5.54 Å². The normalized spacial score (nSPS) is 45.5. The Balaban J connectivity index is 0.00000144. The van der Waals surface area contributed by atoms with Crippen molar-refractivity contribution in [3.05, 3.63) is 0 Å². The first-order valence-electron chi connectivity index (χ1n) is 5.16. The zero-order chi connectivity index (χ0) is 9.41. The van der Waals surface area contributed by atoms with Crippen LogP contribution in [0.15, 0.2) is 0 Å². The van der Waals surface area contributed by atoms with Crippen LogP contribution < -0.4 is 5.73 Å². The Bertz CT molecular complexity index is 167. The van der Waals surface area contributed by atoms with E-state index in [1.54, 1.807) is 0 Å². The Morgan fingerprint density at radius 1 is 1.31 bits per heavy atom. The molecule has 13 heavy (non-hydrogen) atoms. The smallest absolute Gasteiger partial charge is 0.0133 e. The van der Waals surface area contributed by atoms with E-state index >= 15 is 0 Å². The van der Waals surface area contributed by atoms with Crippen molar-refractivity contribution in [2.75, 3.05) is 0 Å². The van der Waals surface area contributed by atoms with Gasteiger partial charge < -0.3 is 5.73 Å². The van der Waals surface area contributed by atoms with Crippen molar-refractivity contribution in [2.24, 2.45) is 17.1 Å². The molecule has 1 aliphatic carbocycles. The SMILES string of the molecule is CCC1(C)CC(C)CC(C)(N)C1.Cl. The minimum Gasteiger partial charge on any atom is -0.325 e. The summed E-state index contributed by atoms with van der Waals surface area (Å²) in [4.78, 5) is 0. The summed E-state index contributed by atoms with van der Waals surface area (Å²) in [6.45, 7) is 9.20. The van der Waals surface area contributed by atoms with Crippen molar-refractivity contribution in [2.45, 2.75) is 58.9 Å². The molecule has 3 unspecified atom stereocenters. The Morgan fingerprint density at radius 3 is 2.23 bits per heavy atom. The monoisotopic (exact) mass is 205 g/mol. The first kappa shape index (κ1) is 13.2. The molecule has 0 aromatic carbocycles. The van der Waals surface area contributed by atoms with Crippen LogP contribution in [-0.2, 0) is 0 Å². The zero-order valence-electron chi connectivity index (χ0n) is 9.39. The molecule has 0 heterocycles. The lowest BCUT2D eigenvalue weighted by Crippen LogP contribution is -2.47. The van der Waals surface area contributed by atoms with Gasteiger partial charge in [0.2, 0.25) is 0 Å². The topological polar surface area (TPSA) is 26.0 Å².